The monoisotopic (exact) mass is 461 g/mol. The zero-order valence-corrected chi connectivity index (χ0v) is 19.2. The van der Waals surface area contributed by atoms with Gasteiger partial charge in [0.2, 0.25) is 0 Å². The van der Waals surface area contributed by atoms with Crippen LogP contribution in [0.3, 0.4) is 0 Å². The predicted octanol–water partition coefficient (Wildman–Crippen LogP) is 5.78. The molecule has 0 radical (unpaired) electrons. The molecule has 0 atom stereocenters. The highest BCUT2D eigenvalue weighted by molar-refractivity contribution is 7.99. The van der Waals surface area contributed by atoms with Crippen LogP contribution >= 0.6 is 23.4 Å². The molecular formula is C25H24ClN5S. The Morgan fingerprint density at radius 1 is 0.938 bits per heavy atom. The fraction of sp³-hybridized carbons (Fsp3) is 0.240. The zero-order chi connectivity index (χ0) is 21.9. The molecule has 1 aliphatic rings. The maximum atomic E-state index is 6.59. The van der Waals surface area contributed by atoms with Gasteiger partial charge in [0.1, 0.15) is 5.03 Å². The Morgan fingerprint density at radius 2 is 1.72 bits per heavy atom. The summed E-state index contributed by atoms with van der Waals surface area (Å²) >= 11 is 8.26. The van der Waals surface area contributed by atoms with Gasteiger partial charge < -0.3 is 10.6 Å². The molecule has 1 aliphatic heterocycles. The largest absolute Gasteiger partial charge is 0.381 e. The summed E-state index contributed by atoms with van der Waals surface area (Å²) in [4.78, 5) is 16.7. The van der Waals surface area contributed by atoms with Gasteiger partial charge in [-0.2, -0.15) is 0 Å². The number of nitrogens with zero attached hydrogens (tertiary/aromatic N) is 4. The van der Waals surface area contributed by atoms with E-state index in [2.05, 4.69) is 16.0 Å². The normalized spacial score (nSPS) is 14.3. The Kier molecular flexibility index (Phi) is 6.26. The van der Waals surface area contributed by atoms with Crippen LogP contribution in [0.5, 0.6) is 0 Å². The van der Waals surface area contributed by atoms with Gasteiger partial charge in [0.05, 0.1) is 21.9 Å². The Balaban J connectivity index is 1.57. The first-order valence-electron chi connectivity index (χ1n) is 10.8. The lowest BCUT2D eigenvalue weighted by atomic mass is 10.0. The van der Waals surface area contributed by atoms with Crippen molar-refractivity contribution in [3.8, 4) is 22.5 Å². The van der Waals surface area contributed by atoms with Gasteiger partial charge in [-0.1, -0.05) is 48.0 Å². The number of nitrogens with two attached hydrogens (primary N) is 1. The van der Waals surface area contributed by atoms with Crippen LogP contribution in [0.4, 0.5) is 5.82 Å². The molecule has 2 aromatic heterocycles. The quantitative estimate of drug-likeness (QED) is 0.367. The van der Waals surface area contributed by atoms with Gasteiger partial charge in [-0.3, -0.25) is 4.98 Å². The van der Waals surface area contributed by atoms with Crippen LogP contribution in [0.25, 0.3) is 33.4 Å². The number of anilines is 1. The van der Waals surface area contributed by atoms with Crippen LogP contribution in [0.2, 0.25) is 5.02 Å². The summed E-state index contributed by atoms with van der Waals surface area (Å²) < 4.78 is 0. The van der Waals surface area contributed by atoms with Crippen LogP contribution in [-0.2, 0) is 0 Å². The maximum Gasteiger partial charge on any atom is 0.156 e. The minimum atomic E-state index is 0.465. The van der Waals surface area contributed by atoms with Gasteiger partial charge >= 0.3 is 0 Å². The summed E-state index contributed by atoms with van der Waals surface area (Å²) in [6.07, 6.45) is 4.33. The van der Waals surface area contributed by atoms with E-state index in [-0.39, 0.29) is 0 Å². The van der Waals surface area contributed by atoms with Crippen LogP contribution in [0.1, 0.15) is 12.8 Å². The molecule has 0 saturated carbocycles. The summed E-state index contributed by atoms with van der Waals surface area (Å²) in [6, 6.07) is 17.9. The molecule has 0 spiro atoms. The first-order chi connectivity index (χ1) is 15.7. The van der Waals surface area contributed by atoms with Gasteiger partial charge in [0.15, 0.2) is 5.82 Å². The lowest BCUT2D eigenvalue weighted by Crippen LogP contribution is -2.22. The SMILES string of the molecule is Nc1nc(-c2ccccc2)c(-c2cc(Cl)c3ncccc3c2)nc1SCCN1CCCC1. The van der Waals surface area contributed by atoms with Crippen molar-refractivity contribution >= 4 is 40.1 Å². The number of benzene rings is 2. The molecule has 32 heavy (non-hydrogen) atoms. The molecule has 0 aliphatic carbocycles. The van der Waals surface area contributed by atoms with Gasteiger partial charge in [0, 0.05) is 35.0 Å². The highest BCUT2D eigenvalue weighted by Crippen LogP contribution is 2.36. The number of thioether (sulfide) groups is 1. The van der Waals surface area contributed by atoms with Crippen molar-refractivity contribution in [2.45, 2.75) is 17.9 Å². The van der Waals surface area contributed by atoms with Crippen LogP contribution in [-0.4, -0.2) is 45.2 Å². The molecule has 2 N–H and O–H groups in total. The molecule has 0 amide bonds. The summed E-state index contributed by atoms with van der Waals surface area (Å²) in [5.74, 6) is 1.40. The topological polar surface area (TPSA) is 67.9 Å². The number of pyridine rings is 1. The third-order valence-electron chi connectivity index (χ3n) is 5.71. The van der Waals surface area contributed by atoms with E-state index in [4.69, 9.17) is 27.3 Å². The molecule has 5 rings (SSSR count). The number of halogens is 1. The second-order valence-corrected chi connectivity index (χ2v) is 9.40. The summed E-state index contributed by atoms with van der Waals surface area (Å²) in [5, 5.41) is 2.33. The fourth-order valence-electron chi connectivity index (χ4n) is 4.10. The van der Waals surface area contributed by atoms with E-state index in [1.54, 1.807) is 18.0 Å². The third-order valence-corrected chi connectivity index (χ3v) is 6.96. The van der Waals surface area contributed by atoms with Gasteiger partial charge in [0.25, 0.3) is 0 Å². The first kappa shape index (κ1) is 21.2. The number of aromatic nitrogens is 3. The lowest BCUT2D eigenvalue weighted by Gasteiger charge is -2.16. The van der Waals surface area contributed by atoms with E-state index in [9.17, 15) is 0 Å². The number of nitrogen functional groups attached to an aromatic ring is 1. The van der Waals surface area contributed by atoms with E-state index in [1.807, 2.05) is 48.5 Å². The Morgan fingerprint density at radius 3 is 2.53 bits per heavy atom. The third kappa shape index (κ3) is 4.44. The van der Waals surface area contributed by atoms with Gasteiger partial charge in [-0.15, -0.1) is 11.8 Å². The molecule has 4 aromatic rings. The van der Waals surface area contributed by atoms with Crippen LogP contribution in [0, 0.1) is 0 Å². The highest BCUT2D eigenvalue weighted by atomic mass is 35.5. The highest BCUT2D eigenvalue weighted by Gasteiger charge is 2.18. The molecule has 162 valence electrons. The van der Waals surface area contributed by atoms with E-state index < -0.39 is 0 Å². The first-order valence-corrected chi connectivity index (χ1v) is 12.2. The average molecular weight is 462 g/mol. The molecular weight excluding hydrogens is 438 g/mol. The molecule has 3 heterocycles. The number of likely N-dealkylation sites (tertiary alicyclic amines) is 1. The second-order valence-electron chi connectivity index (χ2n) is 7.91. The number of rotatable bonds is 6. The second kappa shape index (κ2) is 9.45. The Bertz CT molecular complexity index is 1240. The zero-order valence-electron chi connectivity index (χ0n) is 17.7. The van der Waals surface area contributed by atoms with Crippen molar-refractivity contribution in [1.82, 2.24) is 19.9 Å². The van der Waals surface area contributed by atoms with Crippen molar-refractivity contribution in [3.05, 3.63) is 65.8 Å². The molecule has 5 nitrogen and oxygen atoms in total. The van der Waals surface area contributed by atoms with Gasteiger partial charge in [-0.05, 0) is 44.1 Å². The fourth-order valence-corrected chi connectivity index (χ4v) is 5.27. The van der Waals surface area contributed by atoms with E-state index >= 15 is 0 Å². The molecule has 2 aromatic carbocycles. The number of hydrogen-bond acceptors (Lipinski definition) is 6. The smallest absolute Gasteiger partial charge is 0.156 e. The maximum absolute atomic E-state index is 6.59. The molecule has 0 unspecified atom stereocenters. The average Bonchev–Trinajstić information content (AvgIpc) is 3.34. The molecule has 7 heteroatoms. The lowest BCUT2D eigenvalue weighted by molar-refractivity contribution is 0.362. The van der Waals surface area contributed by atoms with E-state index in [0.717, 1.165) is 50.7 Å². The standard InChI is InChI=1S/C25H24ClN5S/c26-20-16-19(15-18-9-6-10-28-21(18)20)23-22(17-7-2-1-3-8-17)29-24(27)25(30-23)32-14-13-31-11-4-5-12-31/h1-3,6-10,15-16H,4-5,11-14H2,(H2,27,29). The summed E-state index contributed by atoms with van der Waals surface area (Å²) in [6.45, 7) is 3.40. The van der Waals surface area contributed by atoms with Crippen LogP contribution in [0.15, 0.2) is 65.8 Å². The molecule has 1 fully saturated rings. The van der Waals surface area contributed by atoms with Crippen molar-refractivity contribution in [2.75, 3.05) is 31.1 Å². The van der Waals surface area contributed by atoms with Gasteiger partial charge in [-0.25, -0.2) is 9.97 Å². The van der Waals surface area contributed by atoms with E-state index in [1.165, 1.54) is 25.9 Å². The Labute approximate surface area is 197 Å². The molecule has 0 bridgehead atoms. The number of fused-ring (bicyclic) bond motifs is 1. The predicted molar refractivity (Wildman–Crippen MR) is 134 cm³/mol. The van der Waals surface area contributed by atoms with Crippen LogP contribution < -0.4 is 5.73 Å². The number of hydrogen-bond donors (Lipinski definition) is 1. The van der Waals surface area contributed by atoms with Crippen molar-refractivity contribution in [3.63, 3.8) is 0 Å². The minimum Gasteiger partial charge on any atom is -0.381 e. The van der Waals surface area contributed by atoms with Crippen molar-refractivity contribution < 1.29 is 0 Å². The van der Waals surface area contributed by atoms with Crippen molar-refractivity contribution in [2.24, 2.45) is 0 Å². The van der Waals surface area contributed by atoms with E-state index in [0.29, 0.717) is 10.8 Å². The summed E-state index contributed by atoms with van der Waals surface area (Å²) in [7, 11) is 0. The summed E-state index contributed by atoms with van der Waals surface area (Å²) in [5.41, 5.74) is 10.6. The minimum absolute atomic E-state index is 0.465. The Hall–Kier alpha value is -2.67. The molecule has 1 saturated heterocycles. The van der Waals surface area contributed by atoms with Crippen molar-refractivity contribution in [1.29, 1.82) is 0 Å².